The molecule has 21 heavy (non-hydrogen) atoms. The molecule has 1 unspecified atom stereocenters. The molecule has 6 heteroatoms. The summed E-state index contributed by atoms with van der Waals surface area (Å²) in [5.74, 6) is -1.04. The first kappa shape index (κ1) is 16.7. The van der Waals surface area contributed by atoms with E-state index in [1.165, 1.54) is 0 Å². The number of nitrogens with zero attached hydrogens (tertiary/aromatic N) is 1. The molecule has 6 nitrogen and oxygen atoms in total. The van der Waals surface area contributed by atoms with Crippen LogP contribution in [-0.2, 0) is 14.4 Å². The Kier molecular flexibility index (Phi) is 6.94. The van der Waals surface area contributed by atoms with Crippen molar-refractivity contribution in [2.75, 3.05) is 13.2 Å². The van der Waals surface area contributed by atoms with E-state index >= 15 is 0 Å². The number of hydrogen-bond donors (Lipinski definition) is 0. The minimum atomic E-state index is -0.783. The summed E-state index contributed by atoms with van der Waals surface area (Å²) in [7, 11) is 0. The van der Waals surface area contributed by atoms with Crippen molar-refractivity contribution in [1.29, 1.82) is 0 Å². The number of rotatable bonds is 6. The molecule has 1 aromatic carbocycles. The van der Waals surface area contributed by atoms with E-state index in [0.717, 1.165) is 5.06 Å². The third kappa shape index (κ3) is 5.64. The van der Waals surface area contributed by atoms with Gasteiger partial charge < -0.3 is 14.4 Å². The molecule has 0 aliphatic carbocycles. The maximum Gasteiger partial charge on any atom is 0.443 e. The molecule has 0 saturated carbocycles. The van der Waals surface area contributed by atoms with Gasteiger partial charge in [0.05, 0.1) is 12.1 Å². The Morgan fingerprint density at radius 2 is 1.95 bits per heavy atom. The quantitative estimate of drug-likeness (QED) is 0.595. The van der Waals surface area contributed by atoms with E-state index in [0.29, 0.717) is 18.3 Å². The summed E-state index contributed by atoms with van der Waals surface area (Å²) in [5.41, 5.74) is 0.340. The molecule has 0 aliphatic rings. The SMILES string of the molecule is CCCN(OC(=O)c1ccccc1)C(=O)OCC(C)C=O. The lowest BCUT2D eigenvalue weighted by Crippen LogP contribution is -2.35. The molecule has 0 heterocycles. The lowest BCUT2D eigenvalue weighted by molar-refractivity contribution is -0.114. The number of carbonyl (C=O) groups excluding carboxylic acids is 3. The van der Waals surface area contributed by atoms with Gasteiger partial charge in [-0.1, -0.05) is 32.0 Å². The van der Waals surface area contributed by atoms with Gasteiger partial charge in [0.25, 0.3) is 0 Å². The number of carbonyl (C=O) groups is 3. The molecule has 114 valence electrons. The zero-order valence-electron chi connectivity index (χ0n) is 12.2. The predicted molar refractivity (Wildman–Crippen MR) is 75.4 cm³/mol. The summed E-state index contributed by atoms with van der Waals surface area (Å²) in [6.07, 6.45) is 0.503. The highest BCUT2D eigenvalue weighted by molar-refractivity contribution is 5.89. The summed E-state index contributed by atoms with van der Waals surface area (Å²) in [4.78, 5) is 39.3. The van der Waals surface area contributed by atoms with Crippen molar-refractivity contribution in [2.45, 2.75) is 20.3 Å². The second-order valence-electron chi connectivity index (χ2n) is 4.54. The van der Waals surface area contributed by atoms with E-state index in [9.17, 15) is 14.4 Å². The third-order valence-electron chi connectivity index (χ3n) is 2.53. The van der Waals surface area contributed by atoms with E-state index in [2.05, 4.69) is 0 Å². The summed E-state index contributed by atoms with van der Waals surface area (Å²) in [6.45, 7) is 3.63. The van der Waals surface area contributed by atoms with Gasteiger partial charge in [0.15, 0.2) is 0 Å². The minimum Gasteiger partial charge on any atom is -0.447 e. The molecule has 0 aromatic heterocycles. The maximum atomic E-state index is 11.9. The Hall–Kier alpha value is -2.37. The summed E-state index contributed by atoms with van der Waals surface area (Å²) < 4.78 is 4.92. The fourth-order valence-corrected chi connectivity index (χ4v) is 1.42. The topological polar surface area (TPSA) is 72.9 Å². The Labute approximate surface area is 123 Å². The fraction of sp³-hybridized carbons (Fsp3) is 0.400. The van der Waals surface area contributed by atoms with Crippen LogP contribution in [-0.4, -0.2) is 36.6 Å². The largest absolute Gasteiger partial charge is 0.447 e. The van der Waals surface area contributed by atoms with Crippen LogP contribution < -0.4 is 0 Å². The van der Waals surface area contributed by atoms with Crippen molar-refractivity contribution in [1.82, 2.24) is 5.06 Å². The Bertz CT molecular complexity index is 474. The monoisotopic (exact) mass is 293 g/mol. The van der Waals surface area contributed by atoms with E-state index in [-0.39, 0.29) is 13.2 Å². The molecule has 1 amide bonds. The van der Waals surface area contributed by atoms with Gasteiger partial charge in [0.2, 0.25) is 0 Å². The average molecular weight is 293 g/mol. The van der Waals surface area contributed by atoms with Crippen molar-refractivity contribution in [3.8, 4) is 0 Å². The van der Waals surface area contributed by atoms with Gasteiger partial charge in [-0.15, -0.1) is 5.06 Å². The summed E-state index contributed by atoms with van der Waals surface area (Å²) >= 11 is 0. The van der Waals surface area contributed by atoms with E-state index in [1.54, 1.807) is 37.3 Å². The minimum absolute atomic E-state index is 0.0502. The first-order valence-electron chi connectivity index (χ1n) is 6.75. The highest BCUT2D eigenvalue weighted by Gasteiger charge is 2.21. The van der Waals surface area contributed by atoms with Crippen molar-refractivity contribution in [3.05, 3.63) is 35.9 Å². The first-order valence-corrected chi connectivity index (χ1v) is 6.75. The van der Waals surface area contributed by atoms with Gasteiger partial charge in [-0.25, -0.2) is 9.59 Å². The van der Waals surface area contributed by atoms with Gasteiger partial charge in [0, 0.05) is 5.92 Å². The molecule has 0 spiro atoms. The maximum absolute atomic E-state index is 11.9. The van der Waals surface area contributed by atoms with Crippen LogP contribution in [0.4, 0.5) is 4.79 Å². The van der Waals surface area contributed by atoms with Crippen molar-refractivity contribution in [3.63, 3.8) is 0 Å². The van der Waals surface area contributed by atoms with Crippen LogP contribution >= 0.6 is 0 Å². The van der Waals surface area contributed by atoms with Crippen LogP contribution in [0.25, 0.3) is 0 Å². The molecule has 1 rings (SSSR count). The van der Waals surface area contributed by atoms with Gasteiger partial charge in [-0.05, 0) is 18.6 Å². The normalized spacial score (nSPS) is 11.3. The van der Waals surface area contributed by atoms with Crippen LogP contribution in [0, 0.1) is 5.92 Å². The number of aldehydes is 1. The zero-order chi connectivity index (χ0) is 15.7. The van der Waals surface area contributed by atoms with Crippen molar-refractivity contribution in [2.24, 2.45) is 5.92 Å². The fourth-order valence-electron chi connectivity index (χ4n) is 1.42. The van der Waals surface area contributed by atoms with Crippen LogP contribution in [0.1, 0.15) is 30.6 Å². The van der Waals surface area contributed by atoms with Gasteiger partial charge in [0.1, 0.15) is 12.9 Å². The number of amides is 1. The molecule has 0 saturated heterocycles. The third-order valence-corrected chi connectivity index (χ3v) is 2.53. The van der Waals surface area contributed by atoms with E-state index < -0.39 is 18.0 Å². The zero-order valence-corrected chi connectivity index (χ0v) is 12.2. The Morgan fingerprint density at radius 1 is 1.29 bits per heavy atom. The summed E-state index contributed by atoms with van der Waals surface area (Å²) in [5, 5.41) is 0.868. The van der Waals surface area contributed by atoms with E-state index in [1.807, 2.05) is 6.92 Å². The van der Waals surface area contributed by atoms with Crippen molar-refractivity contribution >= 4 is 18.3 Å². The van der Waals surface area contributed by atoms with Gasteiger partial charge in [-0.3, -0.25) is 0 Å². The molecule has 0 bridgehead atoms. The number of benzene rings is 1. The molecule has 0 aliphatic heterocycles. The average Bonchev–Trinajstić information content (AvgIpc) is 2.52. The Balaban J connectivity index is 2.62. The highest BCUT2D eigenvalue weighted by Crippen LogP contribution is 2.06. The smallest absolute Gasteiger partial charge is 0.443 e. The molecule has 1 aromatic rings. The number of hydroxylamine groups is 2. The van der Waals surface area contributed by atoms with Crippen LogP contribution in [0.3, 0.4) is 0 Å². The van der Waals surface area contributed by atoms with Gasteiger partial charge in [-0.2, -0.15) is 0 Å². The van der Waals surface area contributed by atoms with Crippen molar-refractivity contribution < 1.29 is 24.0 Å². The number of ether oxygens (including phenoxy) is 1. The van der Waals surface area contributed by atoms with E-state index in [4.69, 9.17) is 9.57 Å². The Morgan fingerprint density at radius 3 is 2.52 bits per heavy atom. The molecule has 0 fully saturated rings. The standard InChI is InChI=1S/C15H19NO5/c1-3-9-16(15(19)20-11-12(2)10-17)21-14(18)13-7-5-4-6-8-13/h4-8,10,12H,3,9,11H2,1-2H3. The highest BCUT2D eigenvalue weighted by atomic mass is 16.7. The van der Waals surface area contributed by atoms with Crippen LogP contribution in [0.15, 0.2) is 30.3 Å². The molecule has 1 atom stereocenters. The van der Waals surface area contributed by atoms with Gasteiger partial charge >= 0.3 is 12.1 Å². The summed E-state index contributed by atoms with van der Waals surface area (Å²) in [6, 6.07) is 8.35. The molecule has 0 radical (unpaired) electrons. The predicted octanol–water partition coefficient (Wildman–Crippen LogP) is 2.44. The van der Waals surface area contributed by atoms with Crippen LogP contribution in [0.2, 0.25) is 0 Å². The molecule has 0 N–H and O–H groups in total. The molecular weight excluding hydrogens is 274 g/mol. The lowest BCUT2D eigenvalue weighted by Gasteiger charge is -2.20. The second-order valence-corrected chi connectivity index (χ2v) is 4.54. The van der Waals surface area contributed by atoms with Crippen LogP contribution in [0.5, 0.6) is 0 Å². The number of hydrogen-bond acceptors (Lipinski definition) is 5. The lowest BCUT2D eigenvalue weighted by atomic mass is 10.2. The second kappa shape index (κ2) is 8.73. The first-order chi connectivity index (χ1) is 10.1. The molecular formula is C15H19NO5.